The topological polar surface area (TPSA) is 34.5 Å². The lowest BCUT2D eigenvalue weighted by Crippen LogP contribution is -2.30. The van der Waals surface area contributed by atoms with Crippen LogP contribution >= 0.6 is 0 Å². The Labute approximate surface area is 166 Å². The van der Waals surface area contributed by atoms with E-state index in [1.165, 1.54) is 0 Å². The van der Waals surface area contributed by atoms with Gasteiger partial charge in [-0.3, -0.25) is 4.79 Å². The lowest BCUT2D eigenvalue weighted by molar-refractivity contribution is 0.0782. The maximum atomic E-state index is 13.2. The quantitative estimate of drug-likeness (QED) is 0.599. The van der Waals surface area contributed by atoms with Crippen LogP contribution in [0.4, 0.5) is 0 Å². The second kappa shape index (κ2) is 8.09. The molecule has 1 saturated heterocycles. The van der Waals surface area contributed by atoms with Gasteiger partial charge in [-0.1, -0.05) is 50.2 Å². The Kier molecular flexibility index (Phi) is 5.38. The molecule has 0 aliphatic carbocycles. The molecule has 146 valence electrons. The van der Waals surface area contributed by atoms with Gasteiger partial charge in [0.05, 0.1) is 5.52 Å². The molecule has 0 unspecified atom stereocenters. The fourth-order valence-corrected chi connectivity index (χ4v) is 3.94. The number of ether oxygens (including phenoxy) is 1. The van der Waals surface area contributed by atoms with Crippen LogP contribution in [0.1, 0.15) is 42.7 Å². The molecule has 1 aromatic heterocycles. The average Bonchev–Trinajstić information content (AvgIpc) is 3.35. The Morgan fingerprint density at radius 2 is 1.79 bits per heavy atom. The van der Waals surface area contributed by atoms with E-state index in [0.29, 0.717) is 12.5 Å². The van der Waals surface area contributed by atoms with Crippen molar-refractivity contribution in [1.29, 1.82) is 0 Å². The monoisotopic (exact) mass is 376 g/mol. The van der Waals surface area contributed by atoms with E-state index in [4.69, 9.17) is 4.74 Å². The molecule has 0 radical (unpaired) electrons. The number of aromatic nitrogens is 1. The normalized spacial score (nSPS) is 14.2. The highest BCUT2D eigenvalue weighted by Crippen LogP contribution is 2.31. The molecule has 0 N–H and O–H groups in total. The van der Waals surface area contributed by atoms with Crippen LogP contribution in [0.2, 0.25) is 0 Å². The highest BCUT2D eigenvalue weighted by molar-refractivity contribution is 6.00. The summed E-state index contributed by atoms with van der Waals surface area (Å²) in [6, 6.07) is 18.3. The molecule has 2 aromatic carbocycles. The van der Waals surface area contributed by atoms with E-state index in [1.54, 1.807) is 0 Å². The summed E-state index contributed by atoms with van der Waals surface area (Å²) in [5.41, 5.74) is 2.98. The third-order valence-electron chi connectivity index (χ3n) is 5.30. The highest BCUT2D eigenvalue weighted by Gasteiger charge is 2.25. The Morgan fingerprint density at radius 3 is 2.50 bits per heavy atom. The fraction of sp³-hybridized carbons (Fsp3) is 0.375. The van der Waals surface area contributed by atoms with Gasteiger partial charge in [0.15, 0.2) is 0 Å². The molecule has 0 atom stereocenters. The number of carbonyl (C=O) groups excluding carboxylic acids is 1. The Bertz CT molecular complexity index is 953. The standard InChI is InChI=1S/C24H28N2O2/c1-18(2)16-26-21-11-8-12-23(28-17-19-9-4-3-5-10-19)20(21)15-22(26)24(27)25-13-6-7-14-25/h3-5,8-12,15,18H,6-7,13-14,16-17H2,1-2H3. The zero-order valence-corrected chi connectivity index (χ0v) is 16.7. The van der Waals surface area contributed by atoms with Gasteiger partial charge in [-0.25, -0.2) is 0 Å². The molecule has 1 fully saturated rings. The van der Waals surface area contributed by atoms with Gasteiger partial charge in [0, 0.05) is 25.0 Å². The Hall–Kier alpha value is -2.75. The van der Waals surface area contributed by atoms with Crippen molar-refractivity contribution < 1.29 is 9.53 Å². The van der Waals surface area contributed by atoms with Gasteiger partial charge in [-0.15, -0.1) is 0 Å². The first kappa shape index (κ1) is 18.6. The van der Waals surface area contributed by atoms with Crippen LogP contribution in [-0.2, 0) is 13.2 Å². The highest BCUT2D eigenvalue weighted by atomic mass is 16.5. The molecule has 28 heavy (non-hydrogen) atoms. The third kappa shape index (κ3) is 3.77. The minimum absolute atomic E-state index is 0.142. The number of amides is 1. The van der Waals surface area contributed by atoms with Crippen molar-refractivity contribution in [2.24, 2.45) is 5.92 Å². The van der Waals surface area contributed by atoms with Crippen molar-refractivity contribution in [1.82, 2.24) is 9.47 Å². The van der Waals surface area contributed by atoms with Crippen LogP contribution in [0.5, 0.6) is 5.75 Å². The van der Waals surface area contributed by atoms with Crippen LogP contribution < -0.4 is 4.74 Å². The van der Waals surface area contributed by atoms with Gasteiger partial charge in [-0.05, 0) is 42.5 Å². The Balaban J connectivity index is 1.71. The number of nitrogens with zero attached hydrogens (tertiary/aromatic N) is 2. The van der Waals surface area contributed by atoms with Crippen molar-refractivity contribution in [3.8, 4) is 5.75 Å². The second-order valence-corrected chi connectivity index (χ2v) is 8.00. The first-order valence-electron chi connectivity index (χ1n) is 10.2. The summed E-state index contributed by atoms with van der Waals surface area (Å²) in [4.78, 5) is 15.2. The van der Waals surface area contributed by atoms with E-state index in [0.717, 1.165) is 60.4 Å². The maximum Gasteiger partial charge on any atom is 0.270 e. The van der Waals surface area contributed by atoms with Gasteiger partial charge in [0.1, 0.15) is 18.1 Å². The van der Waals surface area contributed by atoms with Gasteiger partial charge in [0.2, 0.25) is 0 Å². The first-order chi connectivity index (χ1) is 13.6. The lowest BCUT2D eigenvalue weighted by Gasteiger charge is -2.18. The largest absolute Gasteiger partial charge is 0.488 e. The van der Waals surface area contributed by atoms with Crippen LogP contribution in [0.25, 0.3) is 10.9 Å². The van der Waals surface area contributed by atoms with Crippen LogP contribution in [0, 0.1) is 5.92 Å². The number of benzene rings is 2. The molecule has 0 bridgehead atoms. The van der Waals surface area contributed by atoms with Crippen molar-refractivity contribution in [2.75, 3.05) is 13.1 Å². The second-order valence-electron chi connectivity index (χ2n) is 8.00. The number of rotatable bonds is 6. The molecule has 1 aliphatic rings. The lowest BCUT2D eigenvalue weighted by atomic mass is 10.2. The van der Waals surface area contributed by atoms with E-state index < -0.39 is 0 Å². The van der Waals surface area contributed by atoms with E-state index in [9.17, 15) is 4.79 Å². The van der Waals surface area contributed by atoms with Gasteiger partial charge >= 0.3 is 0 Å². The third-order valence-corrected chi connectivity index (χ3v) is 5.30. The summed E-state index contributed by atoms with van der Waals surface area (Å²) < 4.78 is 8.32. The number of carbonyl (C=O) groups is 1. The predicted octanol–water partition coefficient (Wildman–Crippen LogP) is 5.11. The van der Waals surface area contributed by atoms with E-state index in [2.05, 4.69) is 36.6 Å². The van der Waals surface area contributed by atoms with Crippen molar-refractivity contribution in [3.05, 3.63) is 65.9 Å². The molecule has 4 heteroatoms. The van der Waals surface area contributed by atoms with Crippen molar-refractivity contribution in [2.45, 2.75) is 39.8 Å². The molecule has 4 nitrogen and oxygen atoms in total. The molecule has 1 aliphatic heterocycles. The van der Waals surface area contributed by atoms with Crippen molar-refractivity contribution >= 4 is 16.8 Å². The van der Waals surface area contributed by atoms with Crippen LogP contribution in [-0.4, -0.2) is 28.5 Å². The predicted molar refractivity (Wildman–Crippen MR) is 113 cm³/mol. The molecule has 4 rings (SSSR count). The first-order valence-corrected chi connectivity index (χ1v) is 10.2. The molecule has 0 saturated carbocycles. The van der Waals surface area contributed by atoms with Crippen LogP contribution in [0.15, 0.2) is 54.6 Å². The smallest absolute Gasteiger partial charge is 0.270 e. The Morgan fingerprint density at radius 1 is 1.04 bits per heavy atom. The van der Waals surface area contributed by atoms with Crippen molar-refractivity contribution in [3.63, 3.8) is 0 Å². The van der Waals surface area contributed by atoms with E-state index >= 15 is 0 Å². The SMILES string of the molecule is CC(C)Cn1c(C(=O)N2CCCC2)cc2c(OCc3ccccc3)cccc21. The summed E-state index contributed by atoms with van der Waals surface area (Å²) in [5.74, 6) is 1.43. The zero-order valence-electron chi connectivity index (χ0n) is 16.7. The van der Waals surface area contributed by atoms with Crippen LogP contribution in [0.3, 0.4) is 0 Å². The molecule has 3 aromatic rings. The van der Waals surface area contributed by atoms with Gasteiger partial charge < -0.3 is 14.2 Å². The summed E-state index contributed by atoms with van der Waals surface area (Å²) in [6.45, 7) is 7.43. The zero-order chi connectivity index (χ0) is 19.5. The summed E-state index contributed by atoms with van der Waals surface area (Å²) >= 11 is 0. The number of fused-ring (bicyclic) bond motifs is 1. The summed E-state index contributed by atoms with van der Waals surface area (Å²) in [7, 11) is 0. The molecular weight excluding hydrogens is 348 g/mol. The maximum absolute atomic E-state index is 13.2. The molecule has 2 heterocycles. The minimum Gasteiger partial charge on any atom is -0.488 e. The fourth-order valence-electron chi connectivity index (χ4n) is 3.94. The molecular formula is C24H28N2O2. The average molecular weight is 376 g/mol. The summed E-state index contributed by atoms with van der Waals surface area (Å²) in [5, 5.41) is 1.02. The van der Waals surface area contributed by atoms with Gasteiger partial charge in [-0.2, -0.15) is 0 Å². The number of likely N-dealkylation sites (tertiary alicyclic amines) is 1. The van der Waals surface area contributed by atoms with Gasteiger partial charge in [0.25, 0.3) is 5.91 Å². The van der Waals surface area contributed by atoms with E-state index in [1.807, 2.05) is 41.3 Å². The number of hydrogen-bond donors (Lipinski definition) is 0. The van der Waals surface area contributed by atoms with E-state index in [-0.39, 0.29) is 5.91 Å². The summed E-state index contributed by atoms with van der Waals surface area (Å²) in [6.07, 6.45) is 2.20. The number of hydrogen-bond acceptors (Lipinski definition) is 2. The molecule has 0 spiro atoms. The minimum atomic E-state index is 0.142. The molecule has 1 amide bonds.